The highest BCUT2D eigenvalue weighted by atomic mass is 79.9. The molecule has 0 unspecified atom stereocenters. The first kappa shape index (κ1) is 23.6. The van der Waals surface area contributed by atoms with Gasteiger partial charge in [0, 0.05) is 25.6 Å². The van der Waals surface area contributed by atoms with Crippen LogP contribution in [0.1, 0.15) is 11.1 Å². The molecule has 0 saturated carbocycles. The molecule has 0 bridgehead atoms. The lowest BCUT2D eigenvalue weighted by Gasteiger charge is -2.16. The summed E-state index contributed by atoms with van der Waals surface area (Å²) in [7, 11) is 0. The topological polar surface area (TPSA) is 29.5 Å². The molecule has 1 saturated heterocycles. The summed E-state index contributed by atoms with van der Waals surface area (Å²) in [6.45, 7) is 0.295. The maximum atomic E-state index is 13.2. The molecule has 1 amide bonds. The van der Waals surface area contributed by atoms with Gasteiger partial charge in [-0.25, -0.2) is 0 Å². The van der Waals surface area contributed by atoms with E-state index in [9.17, 15) is 4.79 Å². The highest BCUT2D eigenvalue weighted by Crippen LogP contribution is 2.40. The van der Waals surface area contributed by atoms with Gasteiger partial charge in [-0.15, -0.1) is 0 Å². The number of thiocarbonyl (C=S) groups is 1. The monoisotopic (exact) mass is 583 g/mol. The Hall–Kier alpha value is -1.54. The second-order valence-corrected chi connectivity index (χ2v) is 10.5. The standard InChI is InChI=1S/C23H13BrCl3NO2S2/c24-15-5-8-20(30-12-13-3-1-2-4-17(13)26)14(9-15)10-21-22(29)28(23(31)32-21)19-7-6-16(25)11-18(19)27/h1-11H,12H2/b21-10-. The predicted molar refractivity (Wildman–Crippen MR) is 142 cm³/mol. The molecule has 3 nitrogen and oxygen atoms in total. The Morgan fingerprint density at radius 1 is 1.03 bits per heavy atom. The normalized spacial score (nSPS) is 15.0. The van der Waals surface area contributed by atoms with Crippen molar-refractivity contribution in [1.82, 2.24) is 0 Å². The number of benzene rings is 3. The molecule has 1 aliphatic rings. The van der Waals surface area contributed by atoms with E-state index in [1.54, 1.807) is 24.3 Å². The zero-order valence-electron chi connectivity index (χ0n) is 16.2. The van der Waals surface area contributed by atoms with E-state index in [1.165, 1.54) is 16.7 Å². The van der Waals surface area contributed by atoms with Crippen LogP contribution in [0.5, 0.6) is 5.75 Å². The van der Waals surface area contributed by atoms with Crippen LogP contribution in [0, 0.1) is 0 Å². The maximum Gasteiger partial charge on any atom is 0.270 e. The van der Waals surface area contributed by atoms with E-state index < -0.39 is 0 Å². The Kier molecular flexibility index (Phi) is 7.50. The molecule has 0 aromatic heterocycles. The number of thioether (sulfide) groups is 1. The van der Waals surface area contributed by atoms with Crippen LogP contribution in [0.25, 0.3) is 6.08 Å². The van der Waals surface area contributed by atoms with E-state index >= 15 is 0 Å². The third-order valence-corrected chi connectivity index (χ3v) is 7.25. The van der Waals surface area contributed by atoms with Crippen molar-refractivity contribution >= 4 is 96.7 Å². The average Bonchev–Trinajstić information content (AvgIpc) is 3.02. The van der Waals surface area contributed by atoms with E-state index in [0.717, 1.165) is 15.6 Å². The number of hydrogen-bond acceptors (Lipinski definition) is 4. The van der Waals surface area contributed by atoms with Crippen molar-refractivity contribution in [3.63, 3.8) is 0 Å². The van der Waals surface area contributed by atoms with E-state index in [-0.39, 0.29) is 5.91 Å². The van der Waals surface area contributed by atoms with Crippen LogP contribution in [0.2, 0.25) is 15.1 Å². The van der Waals surface area contributed by atoms with Gasteiger partial charge in [0.1, 0.15) is 12.4 Å². The highest BCUT2D eigenvalue weighted by molar-refractivity contribution is 9.10. The number of amides is 1. The zero-order valence-corrected chi connectivity index (χ0v) is 21.6. The van der Waals surface area contributed by atoms with Gasteiger partial charge in [-0.3, -0.25) is 9.69 Å². The first-order valence-corrected chi connectivity index (χ1v) is 12.4. The summed E-state index contributed by atoms with van der Waals surface area (Å²) >= 11 is 28.7. The van der Waals surface area contributed by atoms with Gasteiger partial charge in [0.15, 0.2) is 4.32 Å². The van der Waals surface area contributed by atoms with Gasteiger partial charge in [-0.05, 0) is 48.5 Å². The summed E-state index contributed by atoms with van der Waals surface area (Å²) in [5.74, 6) is 0.351. The Morgan fingerprint density at radius 3 is 2.56 bits per heavy atom. The molecule has 162 valence electrons. The second-order valence-electron chi connectivity index (χ2n) is 6.68. The molecule has 0 spiro atoms. The Labute approximate surface area is 218 Å². The number of rotatable bonds is 5. The summed E-state index contributed by atoms with van der Waals surface area (Å²) in [4.78, 5) is 15.0. The van der Waals surface area contributed by atoms with Crippen LogP contribution >= 0.6 is 74.7 Å². The van der Waals surface area contributed by atoms with E-state index in [4.69, 9.17) is 51.8 Å². The van der Waals surface area contributed by atoms with Gasteiger partial charge >= 0.3 is 0 Å². The average molecular weight is 586 g/mol. The van der Waals surface area contributed by atoms with Gasteiger partial charge in [-0.2, -0.15) is 0 Å². The fourth-order valence-electron chi connectivity index (χ4n) is 3.01. The minimum atomic E-state index is -0.263. The maximum absolute atomic E-state index is 13.2. The molecule has 1 aliphatic heterocycles. The molecule has 3 aromatic carbocycles. The van der Waals surface area contributed by atoms with Crippen LogP contribution < -0.4 is 9.64 Å². The van der Waals surface area contributed by atoms with Gasteiger partial charge < -0.3 is 4.74 Å². The Balaban J connectivity index is 1.63. The number of ether oxygens (including phenoxy) is 1. The SMILES string of the molecule is O=C1/C(=C/c2cc(Br)ccc2OCc2ccccc2Cl)SC(=S)N1c1ccc(Cl)cc1Cl. The van der Waals surface area contributed by atoms with E-state index in [0.29, 0.717) is 42.3 Å². The van der Waals surface area contributed by atoms with Gasteiger partial charge in [0.05, 0.1) is 15.6 Å². The molecule has 4 rings (SSSR count). The quantitative estimate of drug-likeness (QED) is 0.222. The summed E-state index contributed by atoms with van der Waals surface area (Å²) in [5.41, 5.74) is 2.09. The molecule has 1 heterocycles. The molecule has 3 aromatic rings. The molecular formula is C23H13BrCl3NO2S2. The van der Waals surface area contributed by atoms with Crippen molar-refractivity contribution in [3.05, 3.63) is 96.2 Å². The predicted octanol–water partition coefficient (Wildman–Crippen LogP) is 8.39. The highest BCUT2D eigenvalue weighted by Gasteiger charge is 2.34. The van der Waals surface area contributed by atoms with Crippen molar-refractivity contribution in [3.8, 4) is 5.75 Å². The number of carbonyl (C=O) groups excluding carboxylic acids is 1. The van der Waals surface area contributed by atoms with Crippen LogP contribution in [-0.2, 0) is 11.4 Å². The summed E-state index contributed by atoms with van der Waals surface area (Å²) < 4.78 is 7.26. The number of nitrogens with zero attached hydrogens (tertiary/aromatic N) is 1. The van der Waals surface area contributed by atoms with Crippen LogP contribution in [0.4, 0.5) is 5.69 Å². The summed E-state index contributed by atoms with van der Waals surface area (Å²) in [6, 6.07) is 18.0. The lowest BCUT2D eigenvalue weighted by molar-refractivity contribution is -0.113. The molecule has 9 heteroatoms. The first-order chi connectivity index (χ1) is 15.3. The molecule has 0 radical (unpaired) electrons. The fourth-order valence-corrected chi connectivity index (χ4v) is 5.35. The number of halogens is 4. The number of hydrogen-bond donors (Lipinski definition) is 0. The van der Waals surface area contributed by atoms with Crippen LogP contribution in [-0.4, -0.2) is 10.2 Å². The number of carbonyl (C=O) groups is 1. The first-order valence-electron chi connectivity index (χ1n) is 9.22. The fraction of sp³-hybridized carbons (Fsp3) is 0.0435. The number of anilines is 1. The summed E-state index contributed by atoms with van der Waals surface area (Å²) in [5, 5.41) is 1.46. The van der Waals surface area contributed by atoms with Crippen LogP contribution in [0.15, 0.2) is 70.0 Å². The van der Waals surface area contributed by atoms with Gasteiger partial charge in [0.2, 0.25) is 0 Å². The largest absolute Gasteiger partial charge is 0.488 e. The van der Waals surface area contributed by atoms with E-state index in [1.807, 2.05) is 42.5 Å². The molecule has 0 aliphatic carbocycles. The molecule has 1 fully saturated rings. The third-order valence-electron chi connectivity index (χ3n) is 4.54. The van der Waals surface area contributed by atoms with Crippen molar-refractivity contribution in [2.45, 2.75) is 6.61 Å². The van der Waals surface area contributed by atoms with Gasteiger partial charge in [-0.1, -0.05) is 92.9 Å². The summed E-state index contributed by atoms with van der Waals surface area (Å²) in [6.07, 6.45) is 1.76. The smallest absolute Gasteiger partial charge is 0.270 e. The lowest BCUT2D eigenvalue weighted by atomic mass is 10.1. The van der Waals surface area contributed by atoms with Crippen molar-refractivity contribution in [2.24, 2.45) is 0 Å². The molecule has 0 N–H and O–H groups in total. The minimum absolute atomic E-state index is 0.263. The van der Waals surface area contributed by atoms with Crippen molar-refractivity contribution < 1.29 is 9.53 Å². The van der Waals surface area contributed by atoms with Crippen molar-refractivity contribution in [1.29, 1.82) is 0 Å². The van der Waals surface area contributed by atoms with Crippen molar-refractivity contribution in [2.75, 3.05) is 4.90 Å². The van der Waals surface area contributed by atoms with E-state index in [2.05, 4.69) is 15.9 Å². The third kappa shape index (κ3) is 5.16. The van der Waals surface area contributed by atoms with Gasteiger partial charge in [0.25, 0.3) is 5.91 Å². The minimum Gasteiger partial charge on any atom is -0.488 e. The van der Waals surface area contributed by atoms with Crippen LogP contribution in [0.3, 0.4) is 0 Å². The second kappa shape index (κ2) is 10.2. The lowest BCUT2D eigenvalue weighted by Crippen LogP contribution is -2.27. The molecule has 0 atom stereocenters. The zero-order chi connectivity index (χ0) is 22.8. The Bertz CT molecular complexity index is 1270. The molecule has 32 heavy (non-hydrogen) atoms. The Morgan fingerprint density at radius 2 is 1.81 bits per heavy atom. The molecular weight excluding hydrogens is 573 g/mol.